The van der Waals surface area contributed by atoms with Gasteiger partial charge in [0.05, 0.1) is 23.7 Å². The van der Waals surface area contributed by atoms with E-state index in [1.807, 2.05) is 0 Å². The Hall–Kier alpha value is -2.90. The van der Waals surface area contributed by atoms with E-state index in [2.05, 4.69) is 5.16 Å². The van der Waals surface area contributed by atoms with Crippen LogP contribution in [0.1, 0.15) is 21.8 Å². The van der Waals surface area contributed by atoms with E-state index in [1.165, 1.54) is 13.2 Å². The molecule has 1 heterocycles. The molecule has 0 N–H and O–H groups in total. The van der Waals surface area contributed by atoms with Crippen molar-refractivity contribution in [2.24, 2.45) is 0 Å². The van der Waals surface area contributed by atoms with E-state index in [0.717, 1.165) is 6.07 Å². The lowest BCUT2D eigenvalue weighted by Crippen LogP contribution is -2.01. The standard InChI is InChI=1S/C13H12N2O6/c1-8-3-10(14-21-8)7-20-13-5-11(15(17)18)9(6-16)4-12(13)19-2/h3-6H,7H2,1-2H3. The van der Waals surface area contributed by atoms with Crippen molar-refractivity contribution in [3.63, 3.8) is 0 Å². The molecule has 1 aromatic heterocycles. The molecule has 0 bridgehead atoms. The number of hydrogen-bond acceptors (Lipinski definition) is 7. The zero-order chi connectivity index (χ0) is 15.4. The lowest BCUT2D eigenvalue weighted by Gasteiger charge is -2.10. The van der Waals surface area contributed by atoms with Crippen LogP contribution in [-0.2, 0) is 6.61 Å². The highest BCUT2D eigenvalue weighted by atomic mass is 16.6. The molecule has 0 amide bonds. The molecular weight excluding hydrogens is 280 g/mol. The van der Waals surface area contributed by atoms with Crippen LogP contribution < -0.4 is 9.47 Å². The van der Waals surface area contributed by atoms with Gasteiger partial charge in [-0.25, -0.2) is 0 Å². The van der Waals surface area contributed by atoms with Crippen molar-refractivity contribution in [3.05, 3.63) is 45.3 Å². The van der Waals surface area contributed by atoms with Crippen molar-refractivity contribution in [3.8, 4) is 11.5 Å². The largest absolute Gasteiger partial charge is 0.493 e. The number of aryl methyl sites for hydroxylation is 1. The predicted molar refractivity (Wildman–Crippen MR) is 70.6 cm³/mol. The number of methoxy groups -OCH3 is 1. The van der Waals surface area contributed by atoms with Crippen LogP contribution in [0.15, 0.2) is 22.7 Å². The van der Waals surface area contributed by atoms with Crippen LogP contribution in [0.3, 0.4) is 0 Å². The molecule has 2 aromatic rings. The Morgan fingerprint density at radius 3 is 2.67 bits per heavy atom. The third-order valence-corrected chi connectivity index (χ3v) is 2.69. The zero-order valence-electron chi connectivity index (χ0n) is 11.4. The molecule has 0 aliphatic rings. The van der Waals surface area contributed by atoms with Crippen LogP contribution in [0.25, 0.3) is 0 Å². The molecule has 0 unspecified atom stereocenters. The minimum atomic E-state index is -0.656. The van der Waals surface area contributed by atoms with Gasteiger partial charge in [0.25, 0.3) is 5.69 Å². The van der Waals surface area contributed by atoms with Gasteiger partial charge < -0.3 is 14.0 Å². The number of carbonyl (C=O) groups excluding carboxylic acids is 1. The molecule has 2 rings (SSSR count). The monoisotopic (exact) mass is 292 g/mol. The maximum Gasteiger partial charge on any atom is 0.283 e. The Labute approximate surface area is 119 Å². The Bertz CT molecular complexity index is 679. The van der Waals surface area contributed by atoms with Crippen LogP contribution in [-0.4, -0.2) is 23.5 Å². The molecule has 0 radical (unpaired) electrons. The summed E-state index contributed by atoms with van der Waals surface area (Å²) < 4.78 is 15.4. The van der Waals surface area contributed by atoms with Crippen LogP contribution in [0.5, 0.6) is 11.5 Å². The van der Waals surface area contributed by atoms with Gasteiger partial charge in [0, 0.05) is 12.1 Å². The van der Waals surface area contributed by atoms with Crippen LogP contribution in [0.2, 0.25) is 0 Å². The first-order chi connectivity index (χ1) is 10.0. The van der Waals surface area contributed by atoms with Crippen molar-refractivity contribution < 1.29 is 23.7 Å². The molecule has 8 nitrogen and oxygen atoms in total. The van der Waals surface area contributed by atoms with E-state index in [1.54, 1.807) is 13.0 Å². The number of carbonyl (C=O) groups is 1. The maximum atomic E-state index is 10.9. The van der Waals surface area contributed by atoms with Crippen molar-refractivity contribution >= 4 is 12.0 Å². The first-order valence-corrected chi connectivity index (χ1v) is 5.91. The lowest BCUT2D eigenvalue weighted by molar-refractivity contribution is -0.385. The number of ether oxygens (including phenoxy) is 2. The summed E-state index contributed by atoms with van der Waals surface area (Å²) in [7, 11) is 1.38. The number of aldehydes is 1. The van der Waals surface area contributed by atoms with Crippen molar-refractivity contribution in [2.75, 3.05) is 7.11 Å². The fourth-order valence-corrected chi connectivity index (χ4v) is 1.73. The Morgan fingerprint density at radius 1 is 1.38 bits per heavy atom. The summed E-state index contributed by atoms with van der Waals surface area (Å²) in [5.74, 6) is 1.00. The minimum Gasteiger partial charge on any atom is -0.493 e. The molecular formula is C13H12N2O6. The predicted octanol–water partition coefficient (Wildman–Crippen LogP) is 2.29. The number of aromatic nitrogens is 1. The second kappa shape index (κ2) is 6.04. The summed E-state index contributed by atoms with van der Waals surface area (Å²) in [6.45, 7) is 1.80. The molecule has 0 aliphatic heterocycles. The van der Waals surface area contributed by atoms with Gasteiger partial charge in [0.1, 0.15) is 18.1 Å². The Kier molecular flexibility index (Phi) is 4.17. The number of nitro groups is 1. The number of nitrogens with zero attached hydrogens (tertiary/aromatic N) is 2. The second-order valence-corrected chi connectivity index (χ2v) is 4.15. The highest BCUT2D eigenvalue weighted by Crippen LogP contribution is 2.34. The molecule has 110 valence electrons. The van der Waals surface area contributed by atoms with Gasteiger partial charge in [-0.1, -0.05) is 5.16 Å². The van der Waals surface area contributed by atoms with Crippen molar-refractivity contribution in [2.45, 2.75) is 13.5 Å². The van der Waals surface area contributed by atoms with Crippen LogP contribution in [0, 0.1) is 17.0 Å². The number of rotatable bonds is 6. The van der Waals surface area contributed by atoms with E-state index in [9.17, 15) is 14.9 Å². The van der Waals surface area contributed by atoms with Crippen molar-refractivity contribution in [1.82, 2.24) is 5.16 Å². The average molecular weight is 292 g/mol. The van der Waals surface area contributed by atoms with Gasteiger partial charge in [0.2, 0.25) is 0 Å². The molecule has 0 atom stereocenters. The minimum absolute atomic E-state index is 0.0608. The molecule has 0 saturated heterocycles. The summed E-state index contributed by atoms with van der Waals surface area (Å²) in [5, 5.41) is 14.7. The molecule has 0 aliphatic carbocycles. The fraction of sp³-hybridized carbons (Fsp3) is 0.231. The van der Waals surface area contributed by atoms with Gasteiger partial charge in [-0.15, -0.1) is 0 Å². The van der Waals surface area contributed by atoms with E-state index in [4.69, 9.17) is 14.0 Å². The average Bonchev–Trinajstić information content (AvgIpc) is 2.89. The second-order valence-electron chi connectivity index (χ2n) is 4.15. The third kappa shape index (κ3) is 3.16. The van der Waals surface area contributed by atoms with Gasteiger partial charge in [-0.3, -0.25) is 14.9 Å². The van der Waals surface area contributed by atoms with Crippen molar-refractivity contribution in [1.29, 1.82) is 0 Å². The normalized spacial score (nSPS) is 10.2. The van der Waals surface area contributed by atoms with E-state index < -0.39 is 4.92 Å². The van der Waals surface area contributed by atoms with E-state index in [0.29, 0.717) is 17.7 Å². The van der Waals surface area contributed by atoms with Gasteiger partial charge in [-0.2, -0.15) is 0 Å². The van der Waals surface area contributed by atoms with E-state index in [-0.39, 0.29) is 29.4 Å². The smallest absolute Gasteiger partial charge is 0.283 e. The van der Waals surface area contributed by atoms with Gasteiger partial charge >= 0.3 is 0 Å². The molecule has 21 heavy (non-hydrogen) atoms. The zero-order valence-corrected chi connectivity index (χ0v) is 11.4. The SMILES string of the molecule is COc1cc(C=O)c([N+](=O)[O-])cc1OCc1cc(C)on1. The van der Waals surface area contributed by atoms with Crippen LogP contribution >= 0.6 is 0 Å². The van der Waals surface area contributed by atoms with E-state index >= 15 is 0 Å². The van der Waals surface area contributed by atoms with Crippen LogP contribution in [0.4, 0.5) is 5.69 Å². The highest BCUT2D eigenvalue weighted by molar-refractivity contribution is 5.83. The van der Waals surface area contributed by atoms with Gasteiger partial charge in [-0.05, 0) is 6.92 Å². The molecule has 0 spiro atoms. The fourth-order valence-electron chi connectivity index (χ4n) is 1.73. The Morgan fingerprint density at radius 2 is 2.14 bits per heavy atom. The molecule has 8 heteroatoms. The topological polar surface area (TPSA) is 105 Å². The first-order valence-electron chi connectivity index (χ1n) is 5.91. The summed E-state index contributed by atoms with van der Waals surface area (Å²) in [5.41, 5.74) is 0.107. The summed E-state index contributed by atoms with van der Waals surface area (Å²) in [4.78, 5) is 21.1. The Balaban J connectivity index is 2.30. The first kappa shape index (κ1) is 14.5. The number of benzene rings is 1. The number of nitro benzene ring substituents is 1. The molecule has 0 fully saturated rings. The van der Waals surface area contributed by atoms with Gasteiger partial charge in [0.15, 0.2) is 17.8 Å². The molecule has 1 aromatic carbocycles. The molecule has 0 saturated carbocycles. The maximum absolute atomic E-state index is 10.9. The summed E-state index contributed by atoms with van der Waals surface area (Å²) >= 11 is 0. The summed E-state index contributed by atoms with van der Waals surface area (Å²) in [6, 6.07) is 4.09. The highest BCUT2D eigenvalue weighted by Gasteiger charge is 2.19. The quantitative estimate of drug-likeness (QED) is 0.457. The lowest BCUT2D eigenvalue weighted by atomic mass is 10.1. The summed E-state index contributed by atoms with van der Waals surface area (Å²) in [6.07, 6.45) is 0.394. The third-order valence-electron chi connectivity index (χ3n) is 2.69. The number of hydrogen-bond donors (Lipinski definition) is 0.